The van der Waals surface area contributed by atoms with Crippen LogP contribution in [0, 0.1) is 11.8 Å². The molecule has 0 saturated carbocycles. The Balaban J connectivity index is 3.95. The topological polar surface area (TPSA) is 0 Å². The smallest absolute Gasteiger partial charge is 0.0210 e. The minimum atomic E-state index is 0.929. The molecular weight excluding hydrogens is 240 g/mol. The number of unbranched alkanes of at least 4 members (excludes halogenated alkanes) is 7. The van der Waals surface area contributed by atoms with Crippen molar-refractivity contribution in [2.45, 2.75) is 118 Å². The summed E-state index contributed by atoms with van der Waals surface area (Å²) in [6.45, 7) is 9.36. The second-order valence-electron chi connectivity index (χ2n) is 6.53. The summed E-state index contributed by atoms with van der Waals surface area (Å²) in [6, 6.07) is 0. The number of rotatable bonds is 15. The van der Waals surface area contributed by atoms with Crippen molar-refractivity contribution in [3.63, 3.8) is 0 Å². The van der Waals surface area contributed by atoms with Gasteiger partial charge in [-0.3, -0.25) is 0 Å². The van der Waals surface area contributed by atoms with Gasteiger partial charge in [-0.25, -0.2) is 0 Å². The lowest BCUT2D eigenvalue weighted by Crippen LogP contribution is -2.12. The van der Waals surface area contributed by atoms with Gasteiger partial charge < -0.3 is 0 Å². The van der Waals surface area contributed by atoms with Crippen molar-refractivity contribution < 1.29 is 0 Å². The Bertz CT molecular complexity index is 173. The Kier molecular flexibility index (Phi) is 15.4. The molecule has 0 spiro atoms. The molecule has 1 radical (unpaired) electrons. The molecule has 0 fully saturated rings. The van der Waals surface area contributed by atoms with Gasteiger partial charge >= 0.3 is 0 Å². The highest BCUT2D eigenvalue weighted by molar-refractivity contribution is 4.95. The van der Waals surface area contributed by atoms with E-state index in [-0.39, 0.29) is 0 Å². The maximum atomic E-state index is 2.40. The van der Waals surface area contributed by atoms with Crippen LogP contribution in [0.5, 0.6) is 0 Å². The SMILES string of the molecule is CCCCCCCC(CC)[C](CCC)CCCCCC. The first kappa shape index (κ1) is 20.0. The van der Waals surface area contributed by atoms with E-state index in [0.717, 1.165) is 5.92 Å². The highest BCUT2D eigenvalue weighted by Crippen LogP contribution is 2.32. The molecule has 0 heteroatoms. The second-order valence-corrected chi connectivity index (χ2v) is 6.53. The third-order valence-electron chi connectivity index (χ3n) is 4.65. The average molecular weight is 282 g/mol. The maximum Gasteiger partial charge on any atom is -0.0210 e. The van der Waals surface area contributed by atoms with Crippen LogP contribution in [0.15, 0.2) is 0 Å². The Hall–Kier alpha value is 0. The normalized spacial score (nSPS) is 13.1. The molecule has 0 aliphatic rings. The second kappa shape index (κ2) is 15.4. The van der Waals surface area contributed by atoms with Crippen LogP contribution < -0.4 is 0 Å². The summed E-state index contributed by atoms with van der Waals surface area (Å²) >= 11 is 0. The van der Waals surface area contributed by atoms with Gasteiger partial charge in [0.2, 0.25) is 0 Å². The summed E-state index contributed by atoms with van der Waals surface area (Å²) in [7, 11) is 0. The first-order chi connectivity index (χ1) is 9.79. The largest absolute Gasteiger partial charge is 0.0654 e. The molecular formula is C20H41. The summed E-state index contributed by atoms with van der Waals surface area (Å²) < 4.78 is 0. The lowest BCUT2D eigenvalue weighted by molar-refractivity contribution is 0.403. The number of hydrogen-bond acceptors (Lipinski definition) is 0. The molecule has 0 bridgehead atoms. The third-order valence-corrected chi connectivity index (χ3v) is 4.65. The maximum absolute atomic E-state index is 2.40. The van der Waals surface area contributed by atoms with Gasteiger partial charge in [-0.05, 0) is 31.1 Å². The molecule has 20 heavy (non-hydrogen) atoms. The van der Waals surface area contributed by atoms with Gasteiger partial charge in [-0.15, -0.1) is 0 Å². The zero-order valence-electron chi connectivity index (χ0n) is 15.0. The Morgan fingerprint density at radius 3 is 1.75 bits per heavy atom. The van der Waals surface area contributed by atoms with E-state index in [9.17, 15) is 0 Å². The van der Waals surface area contributed by atoms with Gasteiger partial charge in [0, 0.05) is 0 Å². The van der Waals surface area contributed by atoms with E-state index in [1.54, 1.807) is 0 Å². The minimum Gasteiger partial charge on any atom is -0.0654 e. The fraction of sp³-hybridized carbons (Fsp3) is 0.950. The zero-order valence-corrected chi connectivity index (χ0v) is 15.0. The first-order valence-electron chi connectivity index (χ1n) is 9.64. The highest BCUT2D eigenvalue weighted by atomic mass is 14.2. The third kappa shape index (κ3) is 10.7. The molecule has 0 rings (SSSR count). The van der Waals surface area contributed by atoms with E-state index in [4.69, 9.17) is 0 Å². The summed E-state index contributed by atoms with van der Waals surface area (Å²) in [5.41, 5.74) is 0. The van der Waals surface area contributed by atoms with Gasteiger partial charge in [-0.1, -0.05) is 98.3 Å². The van der Waals surface area contributed by atoms with Gasteiger partial charge in [0.25, 0.3) is 0 Å². The Morgan fingerprint density at radius 1 is 0.600 bits per heavy atom. The Morgan fingerprint density at radius 2 is 1.20 bits per heavy atom. The van der Waals surface area contributed by atoms with Gasteiger partial charge in [-0.2, -0.15) is 0 Å². The van der Waals surface area contributed by atoms with Gasteiger partial charge in [0.15, 0.2) is 0 Å². The van der Waals surface area contributed by atoms with E-state index < -0.39 is 0 Å². The van der Waals surface area contributed by atoms with E-state index in [0.29, 0.717) is 0 Å². The minimum absolute atomic E-state index is 0.929. The monoisotopic (exact) mass is 281 g/mol. The van der Waals surface area contributed by atoms with Crippen LogP contribution in [0.25, 0.3) is 0 Å². The molecule has 0 heterocycles. The molecule has 0 aliphatic heterocycles. The van der Waals surface area contributed by atoms with E-state index >= 15 is 0 Å². The molecule has 0 amide bonds. The van der Waals surface area contributed by atoms with E-state index in [1.165, 1.54) is 89.9 Å². The highest BCUT2D eigenvalue weighted by Gasteiger charge is 2.18. The molecule has 1 unspecified atom stereocenters. The van der Waals surface area contributed by atoms with Crippen LogP contribution in [-0.4, -0.2) is 0 Å². The van der Waals surface area contributed by atoms with Gasteiger partial charge in [0.1, 0.15) is 0 Å². The number of hydrogen-bond donors (Lipinski definition) is 0. The van der Waals surface area contributed by atoms with Crippen LogP contribution in [-0.2, 0) is 0 Å². The van der Waals surface area contributed by atoms with Crippen molar-refractivity contribution in [2.24, 2.45) is 5.92 Å². The average Bonchev–Trinajstić information content (AvgIpc) is 2.46. The van der Waals surface area contributed by atoms with Crippen molar-refractivity contribution in [2.75, 3.05) is 0 Å². The molecule has 121 valence electrons. The lowest BCUT2D eigenvalue weighted by Gasteiger charge is -2.26. The standard InChI is InChI=1S/C20H41/c1-5-9-11-13-15-17-19(8-4)20(16-7-3)18-14-12-10-6-2/h19H,5-18H2,1-4H3. The first-order valence-corrected chi connectivity index (χ1v) is 9.64. The predicted molar refractivity (Wildman–Crippen MR) is 94.1 cm³/mol. The lowest BCUT2D eigenvalue weighted by atomic mass is 9.80. The fourth-order valence-electron chi connectivity index (χ4n) is 3.32. The van der Waals surface area contributed by atoms with E-state index in [1.807, 2.05) is 5.92 Å². The summed E-state index contributed by atoms with van der Waals surface area (Å²) in [5, 5.41) is 0. The van der Waals surface area contributed by atoms with Crippen molar-refractivity contribution in [3.05, 3.63) is 5.92 Å². The molecule has 0 aromatic rings. The summed E-state index contributed by atoms with van der Waals surface area (Å²) in [5.74, 6) is 2.83. The van der Waals surface area contributed by atoms with Crippen molar-refractivity contribution in [1.29, 1.82) is 0 Å². The molecule has 0 saturated heterocycles. The van der Waals surface area contributed by atoms with Crippen molar-refractivity contribution >= 4 is 0 Å². The van der Waals surface area contributed by atoms with Crippen molar-refractivity contribution in [3.8, 4) is 0 Å². The van der Waals surface area contributed by atoms with E-state index in [2.05, 4.69) is 27.7 Å². The molecule has 0 aromatic carbocycles. The summed E-state index contributed by atoms with van der Waals surface area (Å²) in [6.07, 6.45) is 19.8. The van der Waals surface area contributed by atoms with Gasteiger partial charge in [0.05, 0.1) is 0 Å². The molecule has 0 nitrogen and oxygen atoms in total. The van der Waals surface area contributed by atoms with Crippen LogP contribution in [0.2, 0.25) is 0 Å². The zero-order chi connectivity index (χ0) is 15.1. The molecule has 0 aromatic heterocycles. The van der Waals surface area contributed by atoms with Crippen LogP contribution in [0.4, 0.5) is 0 Å². The molecule has 0 N–H and O–H groups in total. The van der Waals surface area contributed by atoms with Crippen molar-refractivity contribution in [1.82, 2.24) is 0 Å². The van der Waals surface area contributed by atoms with Crippen LogP contribution >= 0.6 is 0 Å². The predicted octanol–water partition coefficient (Wildman–Crippen LogP) is 7.72. The Labute approximate surface area is 130 Å². The molecule has 0 aliphatic carbocycles. The quantitative estimate of drug-likeness (QED) is 0.269. The summed E-state index contributed by atoms with van der Waals surface area (Å²) in [4.78, 5) is 0. The fourth-order valence-corrected chi connectivity index (χ4v) is 3.32. The molecule has 1 atom stereocenters. The van der Waals surface area contributed by atoms with Crippen LogP contribution in [0.1, 0.15) is 118 Å². The van der Waals surface area contributed by atoms with Crippen LogP contribution in [0.3, 0.4) is 0 Å².